The summed E-state index contributed by atoms with van der Waals surface area (Å²) in [7, 11) is 25.4. The van der Waals surface area contributed by atoms with Crippen molar-refractivity contribution in [2.75, 3.05) is 0 Å². The SMILES string of the molecule is C[n+]1c(-c2n(-c3ccccc3)c3ccccc3[n+]2C)cccc1-c1n(-c2ccccc2)c2ccccc2[n+]1C.C[n+]1ccccc1-c1cccc(-c2cccc[n+]2C)[n+]1C.Cc1cc[n+](C)c(-c2cccc(-c3cc(C)cc[n+]3C)[n+]2C)c1.Cc1cc[n+](C)c(-c2cccc(-c3cc(C)cc[n+]3C)[n+]2C)c1. The van der Waals surface area contributed by atoms with Gasteiger partial charge in [-0.1, -0.05) is 60.7 Å². The predicted octanol–water partition coefficient (Wildman–Crippen LogP) is 11.1. The van der Waals surface area contributed by atoms with Crippen LogP contribution in [0.5, 0.6) is 0 Å². The van der Waals surface area contributed by atoms with Gasteiger partial charge in [0.25, 0.3) is 79.7 Å². The summed E-state index contributed by atoms with van der Waals surface area (Å²) in [4.78, 5) is 0. The molecule has 0 aliphatic rings. The largest absolute Gasteiger partial charge is 0.360 e. The highest BCUT2D eigenvalue weighted by Crippen LogP contribution is 2.30. The molecule has 12 aromatic heterocycles. The Kier molecular flexibility index (Phi) is 21.0. The van der Waals surface area contributed by atoms with Crippen molar-refractivity contribution >= 4 is 22.1 Å². The number of aryl methyl sites for hydroxylation is 12. The first kappa shape index (κ1) is 71.7. The number of para-hydroxylation sites is 6. The minimum Gasteiger partial charge on any atom is -0.220 e. The molecule has 0 N–H and O–H groups in total. The smallest absolute Gasteiger partial charge is 0.220 e. The zero-order valence-corrected chi connectivity index (χ0v) is 64.1. The van der Waals surface area contributed by atoms with Crippen LogP contribution in [0.25, 0.3) is 125 Å². The molecule has 106 heavy (non-hydrogen) atoms. The highest BCUT2D eigenvalue weighted by Gasteiger charge is 2.38. The molecule has 0 aliphatic heterocycles. The number of hydrogen-bond donors (Lipinski definition) is 0. The Morgan fingerprint density at radius 1 is 0.189 bits per heavy atom. The maximum Gasteiger partial charge on any atom is 0.360 e. The lowest BCUT2D eigenvalue weighted by Crippen LogP contribution is -2.43. The molecule has 0 atom stereocenters. The molecule has 4 aromatic carbocycles. The van der Waals surface area contributed by atoms with E-state index in [0.29, 0.717) is 0 Å². The third-order valence-corrected chi connectivity index (χ3v) is 20.3. The van der Waals surface area contributed by atoms with E-state index in [1.807, 2.05) is 12.1 Å². The standard InChI is InChI=1S/C34H30N5.2C20H24N3.C18H20N3/c1-35-31(33-36(2)27-19-10-12-21-29(27)38(33)25-15-6-4-7-16-25)23-14-24-32(35)34-37(3)28-20-11-13-22-30(28)39(34)26-17-8-5-9-18-26;2*1-15-9-11-21(3)19(13-15)17-7-6-8-18(23(17)5)20-14-16(2)10-12-22(20)4;1-19-13-6-4-9-15(19)17-11-8-12-18(21(17)3)16-10-5-7-14-20(16)2/h4-24H,1-3H3;2*6-14H,1-5H3;4-14H,1-3H3/q4*+3. The fraction of sp³-hybridized carbons (Fsp3) is 0.174. The van der Waals surface area contributed by atoms with Crippen LogP contribution in [-0.2, 0) is 84.6 Å². The number of hydrogen-bond acceptors (Lipinski definition) is 0. The van der Waals surface area contributed by atoms with Crippen LogP contribution < -0.4 is 54.8 Å². The Morgan fingerprint density at radius 2 is 0.425 bits per heavy atom. The van der Waals surface area contributed by atoms with E-state index in [1.54, 1.807) is 0 Å². The quantitative estimate of drug-likeness (QED) is 0.123. The zero-order valence-electron chi connectivity index (χ0n) is 64.1. The van der Waals surface area contributed by atoms with Crippen molar-refractivity contribution in [3.8, 4) is 103 Å². The van der Waals surface area contributed by atoms with Crippen LogP contribution in [0, 0.1) is 27.7 Å². The molecule has 0 bridgehead atoms. The molecule has 0 amide bonds. The van der Waals surface area contributed by atoms with Crippen LogP contribution >= 0.6 is 0 Å². The maximum atomic E-state index is 2.36. The van der Waals surface area contributed by atoms with Crippen molar-refractivity contribution in [3.05, 3.63) is 326 Å². The molecule has 0 aliphatic carbocycles. The van der Waals surface area contributed by atoms with Crippen molar-refractivity contribution in [1.82, 2.24) is 9.13 Å². The Bertz CT molecular complexity index is 5440. The Balaban J connectivity index is 0.000000130. The van der Waals surface area contributed by atoms with Gasteiger partial charge in [-0.3, -0.25) is 0 Å². The summed E-state index contributed by atoms with van der Waals surface area (Å²) in [6, 6.07) is 94.4. The van der Waals surface area contributed by atoms with E-state index in [9.17, 15) is 0 Å². The van der Waals surface area contributed by atoms with Gasteiger partial charge in [-0.05, 0) is 135 Å². The molecule has 16 aromatic rings. The van der Waals surface area contributed by atoms with Crippen LogP contribution in [0.4, 0.5) is 0 Å². The fourth-order valence-electron chi connectivity index (χ4n) is 14.5. The lowest BCUT2D eigenvalue weighted by atomic mass is 10.1. The Morgan fingerprint density at radius 3 is 0.726 bits per heavy atom. The molecule has 0 fully saturated rings. The number of aromatic nitrogens is 14. The molecule has 0 spiro atoms. The summed E-state index contributed by atoms with van der Waals surface area (Å²) in [5.41, 5.74) is 28.8. The van der Waals surface area contributed by atoms with Gasteiger partial charge < -0.3 is 0 Å². The minimum atomic E-state index is 1.12. The second kappa shape index (κ2) is 31.1. The van der Waals surface area contributed by atoms with Gasteiger partial charge in [-0.15, -0.1) is 0 Å². The highest BCUT2D eigenvalue weighted by molar-refractivity contribution is 5.80. The summed E-state index contributed by atoms with van der Waals surface area (Å²) < 4.78 is 31.4. The summed E-state index contributed by atoms with van der Waals surface area (Å²) in [5, 5.41) is 0. The van der Waals surface area contributed by atoms with Gasteiger partial charge in [0.15, 0.2) is 59.2 Å². The molecule has 14 nitrogen and oxygen atoms in total. The number of benzene rings is 4. The van der Waals surface area contributed by atoms with E-state index < -0.39 is 0 Å². The van der Waals surface area contributed by atoms with Crippen molar-refractivity contribution in [2.24, 2.45) is 84.6 Å². The maximum absolute atomic E-state index is 2.36. The summed E-state index contributed by atoms with van der Waals surface area (Å²) in [6.45, 7) is 8.53. The van der Waals surface area contributed by atoms with Crippen molar-refractivity contribution < 1.29 is 54.8 Å². The third kappa shape index (κ3) is 14.4. The summed E-state index contributed by atoms with van der Waals surface area (Å²) in [6.07, 6.45) is 12.6. The van der Waals surface area contributed by atoms with Gasteiger partial charge in [-0.25, -0.2) is 9.13 Å². The first-order valence-corrected chi connectivity index (χ1v) is 36.1. The highest BCUT2D eigenvalue weighted by atomic mass is 15.2. The van der Waals surface area contributed by atoms with Gasteiger partial charge in [0.2, 0.25) is 0 Å². The van der Waals surface area contributed by atoms with E-state index in [-0.39, 0.29) is 0 Å². The molecule has 14 heteroatoms. The van der Waals surface area contributed by atoms with E-state index >= 15 is 0 Å². The number of nitrogens with zero attached hydrogens (tertiary/aromatic N) is 14. The Hall–Kier alpha value is -12.7. The van der Waals surface area contributed by atoms with E-state index in [0.717, 1.165) is 34.4 Å². The minimum absolute atomic E-state index is 1.12. The van der Waals surface area contributed by atoms with Crippen LogP contribution in [-0.4, -0.2) is 9.13 Å². The topological polar surface area (TPSA) is 56.4 Å². The second-order valence-corrected chi connectivity index (χ2v) is 27.7. The van der Waals surface area contributed by atoms with Gasteiger partial charge in [0, 0.05) is 121 Å². The molecule has 524 valence electrons. The molecule has 0 saturated carbocycles. The van der Waals surface area contributed by atoms with Gasteiger partial charge in [0.1, 0.15) is 81.9 Å². The molecule has 16 rings (SSSR count). The van der Waals surface area contributed by atoms with Crippen LogP contribution in [0.2, 0.25) is 0 Å². The molecular formula is C92H98N14+12. The predicted molar refractivity (Wildman–Crippen MR) is 416 cm³/mol. The van der Waals surface area contributed by atoms with Crippen LogP contribution in [0.1, 0.15) is 22.3 Å². The van der Waals surface area contributed by atoms with Crippen molar-refractivity contribution in [1.29, 1.82) is 0 Å². The number of imidazole rings is 2. The van der Waals surface area contributed by atoms with Crippen LogP contribution in [0.15, 0.2) is 304 Å². The van der Waals surface area contributed by atoms with Gasteiger partial charge >= 0.3 is 11.6 Å². The zero-order chi connectivity index (χ0) is 74.4. The normalized spacial score (nSPS) is 11.0. The molecule has 0 saturated heterocycles. The molecular weight excluding hydrogens is 1300 g/mol. The molecule has 0 radical (unpaired) electrons. The summed E-state index contributed by atoms with van der Waals surface area (Å²) >= 11 is 0. The van der Waals surface area contributed by atoms with Crippen LogP contribution in [0.3, 0.4) is 0 Å². The fourth-order valence-corrected chi connectivity index (χ4v) is 14.5. The Labute approximate surface area is 623 Å². The average Bonchev–Trinajstić information content (AvgIpc) is 1.57. The number of rotatable bonds is 10. The van der Waals surface area contributed by atoms with E-state index in [1.165, 1.54) is 113 Å². The first-order chi connectivity index (χ1) is 51.3. The third-order valence-electron chi connectivity index (χ3n) is 20.3. The van der Waals surface area contributed by atoms with E-state index in [4.69, 9.17) is 0 Å². The van der Waals surface area contributed by atoms with Crippen molar-refractivity contribution in [3.63, 3.8) is 0 Å². The van der Waals surface area contributed by atoms with E-state index in [2.05, 4.69) is 468 Å². The number of fused-ring (bicyclic) bond motifs is 2. The first-order valence-electron chi connectivity index (χ1n) is 36.1. The second-order valence-electron chi connectivity index (χ2n) is 27.7. The van der Waals surface area contributed by atoms with Gasteiger partial charge in [0.05, 0.1) is 14.1 Å². The number of pyridine rings is 10. The monoisotopic (exact) mass is 1400 g/mol. The van der Waals surface area contributed by atoms with Gasteiger partial charge in [-0.2, -0.15) is 54.8 Å². The lowest BCUT2D eigenvalue weighted by molar-refractivity contribution is -0.697. The average molecular weight is 1400 g/mol. The lowest BCUT2D eigenvalue weighted by Gasteiger charge is -2.06. The molecule has 0 unspecified atom stereocenters. The van der Waals surface area contributed by atoms with Crippen molar-refractivity contribution in [2.45, 2.75) is 27.7 Å². The molecule has 12 heterocycles. The summed E-state index contributed by atoms with van der Waals surface area (Å²) in [5.74, 6) is 2.24.